The zero-order valence-electron chi connectivity index (χ0n) is 11.4. The van der Waals surface area contributed by atoms with Crippen LogP contribution in [0.25, 0.3) is 0 Å². The molecule has 0 fully saturated rings. The lowest BCUT2D eigenvalue weighted by Crippen LogP contribution is -2.54. The molecule has 1 atom stereocenters. The Bertz CT molecular complexity index is 573. The summed E-state index contributed by atoms with van der Waals surface area (Å²) in [6, 6.07) is 6.81. The summed E-state index contributed by atoms with van der Waals surface area (Å²) in [6.45, 7) is -0.357. The fourth-order valence-electron chi connectivity index (χ4n) is 2.42. The lowest BCUT2D eigenvalue weighted by Gasteiger charge is -2.35. The van der Waals surface area contributed by atoms with Crippen LogP contribution in [-0.4, -0.2) is 46.9 Å². The Kier molecular flexibility index (Phi) is 4.54. The van der Waals surface area contributed by atoms with E-state index in [1.54, 1.807) is 0 Å². The number of aliphatic carboxylic acids is 1. The van der Waals surface area contributed by atoms with Crippen LogP contribution in [0, 0.1) is 0 Å². The molecule has 0 radical (unpaired) electrons. The highest BCUT2D eigenvalue weighted by Crippen LogP contribution is 2.23. The van der Waals surface area contributed by atoms with Gasteiger partial charge in [-0.05, 0) is 11.1 Å². The van der Waals surface area contributed by atoms with Crippen molar-refractivity contribution >= 4 is 17.8 Å². The van der Waals surface area contributed by atoms with E-state index in [4.69, 9.17) is 10.8 Å². The molecule has 0 saturated heterocycles. The van der Waals surface area contributed by atoms with Crippen molar-refractivity contribution < 1.29 is 19.5 Å². The Hall–Kier alpha value is -2.41. The molecule has 0 unspecified atom stereocenters. The molecule has 21 heavy (non-hydrogen) atoms. The lowest BCUT2D eigenvalue weighted by atomic mass is 9.93. The second-order valence-electron chi connectivity index (χ2n) is 4.83. The predicted molar refractivity (Wildman–Crippen MR) is 74.2 cm³/mol. The Balaban J connectivity index is 2.22. The first-order valence-electron chi connectivity index (χ1n) is 6.58. The van der Waals surface area contributed by atoms with Crippen molar-refractivity contribution in [2.75, 3.05) is 13.1 Å². The maximum Gasteiger partial charge on any atom is 0.322 e. The molecule has 0 bridgehead atoms. The summed E-state index contributed by atoms with van der Waals surface area (Å²) >= 11 is 0. The molecule has 2 amide bonds. The van der Waals surface area contributed by atoms with Gasteiger partial charge in [0.25, 0.3) is 0 Å². The smallest absolute Gasteiger partial charge is 0.322 e. The average molecular weight is 291 g/mol. The molecular weight excluding hydrogens is 274 g/mol. The molecule has 112 valence electrons. The minimum absolute atomic E-state index is 0.190. The Labute approximate surface area is 121 Å². The third-order valence-electron chi connectivity index (χ3n) is 3.46. The highest BCUT2D eigenvalue weighted by Gasteiger charge is 2.33. The molecule has 1 aromatic carbocycles. The van der Waals surface area contributed by atoms with Gasteiger partial charge in [0, 0.05) is 13.0 Å². The van der Waals surface area contributed by atoms with Crippen LogP contribution in [0.1, 0.15) is 11.1 Å². The van der Waals surface area contributed by atoms with Gasteiger partial charge < -0.3 is 21.1 Å². The number of rotatable bonds is 4. The number of hydrogen-bond acceptors (Lipinski definition) is 4. The average Bonchev–Trinajstić information content (AvgIpc) is 2.50. The van der Waals surface area contributed by atoms with Crippen LogP contribution in [0.2, 0.25) is 0 Å². The van der Waals surface area contributed by atoms with Crippen molar-refractivity contribution in [2.45, 2.75) is 19.0 Å². The number of hydrogen-bond donors (Lipinski definition) is 3. The molecule has 7 heteroatoms. The van der Waals surface area contributed by atoms with Crippen LogP contribution >= 0.6 is 0 Å². The van der Waals surface area contributed by atoms with Gasteiger partial charge in [-0.25, -0.2) is 0 Å². The van der Waals surface area contributed by atoms with Crippen LogP contribution in [0.3, 0.4) is 0 Å². The van der Waals surface area contributed by atoms with Gasteiger partial charge in [0.15, 0.2) is 0 Å². The number of nitrogens with zero attached hydrogens (tertiary/aromatic N) is 1. The van der Waals surface area contributed by atoms with Crippen molar-refractivity contribution in [3.05, 3.63) is 35.4 Å². The minimum atomic E-state index is -1.13. The van der Waals surface area contributed by atoms with Crippen LogP contribution < -0.4 is 11.1 Å². The molecule has 4 N–H and O–H groups in total. The van der Waals surface area contributed by atoms with Gasteiger partial charge in [0.1, 0.15) is 12.6 Å². The van der Waals surface area contributed by atoms with Crippen LogP contribution in [0.4, 0.5) is 0 Å². The normalized spacial score (nSPS) is 17.0. The van der Waals surface area contributed by atoms with Gasteiger partial charge >= 0.3 is 5.97 Å². The lowest BCUT2D eigenvalue weighted by molar-refractivity contribution is -0.142. The van der Waals surface area contributed by atoms with Crippen LogP contribution in [-0.2, 0) is 27.3 Å². The molecular formula is C14H17N3O4. The van der Waals surface area contributed by atoms with Crippen molar-refractivity contribution in [1.82, 2.24) is 10.2 Å². The highest BCUT2D eigenvalue weighted by molar-refractivity contribution is 5.90. The fourth-order valence-corrected chi connectivity index (χ4v) is 2.42. The molecule has 1 aliphatic rings. The van der Waals surface area contributed by atoms with E-state index in [1.807, 2.05) is 24.3 Å². The second-order valence-corrected chi connectivity index (χ2v) is 4.83. The van der Waals surface area contributed by atoms with Gasteiger partial charge in [0.05, 0.1) is 6.54 Å². The standard InChI is InChI=1S/C14H17N3O4/c15-6-12(18)17-8-10-4-2-1-3-9(10)5-11(17)14(21)16-7-13(19)20/h1-4,11H,5-8,15H2,(H,16,21)(H,19,20)/t11-/m0/s1. The van der Waals surface area contributed by atoms with Gasteiger partial charge in [-0.3, -0.25) is 14.4 Å². The molecule has 0 saturated carbocycles. The quantitative estimate of drug-likeness (QED) is 0.665. The summed E-state index contributed by atoms with van der Waals surface area (Å²) < 4.78 is 0. The first-order chi connectivity index (χ1) is 10.0. The molecule has 7 nitrogen and oxygen atoms in total. The topological polar surface area (TPSA) is 113 Å². The van der Waals surface area contributed by atoms with Crippen molar-refractivity contribution in [3.63, 3.8) is 0 Å². The molecule has 0 spiro atoms. The van der Waals surface area contributed by atoms with E-state index in [1.165, 1.54) is 4.90 Å². The third-order valence-corrected chi connectivity index (χ3v) is 3.46. The number of nitrogens with two attached hydrogens (primary N) is 1. The van der Waals surface area contributed by atoms with Crippen LogP contribution in [0.15, 0.2) is 24.3 Å². The summed E-state index contributed by atoms with van der Waals surface area (Å²) in [4.78, 5) is 36.0. The largest absolute Gasteiger partial charge is 0.480 e. The minimum Gasteiger partial charge on any atom is -0.480 e. The molecule has 1 aliphatic heterocycles. The van der Waals surface area contributed by atoms with E-state index in [-0.39, 0.29) is 12.5 Å². The van der Waals surface area contributed by atoms with E-state index in [2.05, 4.69) is 5.32 Å². The molecule has 1 heterocycles. The highest BCUT2D eigenvalue weighted by atomic mass is 16.4. The third kappa shape index (κ3) is 3.38. The van der Waals surface area contributed by atoms with Crippen LogP contribution in [0.5, 0.6) is 0 Å². The van der Waals surface area contributed by atoms with Gasteiger partial charge in [-0.1, -0.05) is 24.3 Å². The van der Waals surface area contributed by atoms with Gasteiger partial charge in [-0.2, -0.15) is 0 Å². The van der Waals surface area contributed by atoms with E-state index in [9.17, 15) is 14.4 Å². The zero-order valence-corrected chi connectivity index (χ0v) is 11.4. The first kappa shape index (κ1) is 15.0. The SMILES string of the molecule is NCC(=O)N1Cc2ccccc2C[C@H]1C(=O)NCC(=O)O. The monoisotopic (exact) mass is 291 g/mol. The molecule has 0 aromatic heterocycles. The maximum atomic E-state index is 12.1. The molecule has 2 rings (SSSR count). The second kappa shape index (κ2) is 6.36. The summed E-state index contributed by atoms with van der Waals surface area (Å²) in [5, 5.41) is 10.9. The van der Waals surface area contributed by atoms with Crippen molar-refractivity contribution in [1.29, 1.82) is 0 Å². The number of carboxylic acid groups (broad SMARTS) is 1. The van der Waals surface area contributed by atoms with Gasteiger partial charge in [-0.15, -0.1) is 0 Å². The van der Waals surface area contributed by atoms with E-state index in [0.29, 0.717) is 13.0 Å². The summed E-state index contributed by atoms with van der Waals surface area (Å²) in [6.07, 6.45) is 0.355. The molecule has 1 aromatic rings. The zero-order chi connectivity index (χ0) is 15.4. The summed E-state index contributed by atoms with van der Waals surface area (Å²) in [7, 11) is 0. The maximum absolute atomic E-state index is 12.1. The van der Waals surface area contributed by atoms with Crippen molar-refractivity contribution in [2.24, 2.45) is 5.73 Å². The Morgan fingerprint density at radius 3 is 2.57 bits per heavy atom. The van der Waals surface area contributed by atoms with E-state index < -0.39 is 24.5 Å². The predicted octanol–water partition coefficient (Wildman–Crippen LogP) is -0.901. The first-order valence-corrected chi connectivity index (χ1v) is 6.58. The summed E-state index contributed by atoms with van der Waals surface area (Å²) in [5.41, 5.74) is 7.34. The number of fused-ring (bicyclic) bond motifs is 1. The summed E-state index contributed by atoms with van der Waals surface area (Å²) in [5.74, 6) is -1.94. The Morgan fingerprint density at radius 1 is 1.29 bits per heavy atom. The molecule has 0 aliphatic carbocycles. The number of carbonyl (C=O) groups excluding carboxylic acids is 2. The number of nitrogens with one attached hydrogen (secondary N) is 1. The number of carboxylic acids is 1. The number of carbonyl (C=O) groups is 3. The number of benzene rings is 1. The fraction of sp³-hybridized carbons (Fsp3) is 0.357. The number of amides is 2. The van der Waals surface area contributed by atoms with E-state index >= 15 is 0 Å². The Morgan fingerprint density at radius 2 is 1.95 bits per heavy atom. The van der Waals surface area contributed by atoms with Crippen molar-refractivity contribution in [3.8, 4) is 0 Å². The van der Waals surface area contributed by atoms with Gasteiger partial charge in [0.2, 0.25) is 11.8 Å². The van der Waals surface area contributed by atoms with E-state index in [0.717, 1.165) is 11.1 Å².